The molecule has 0 fully saturated rings. The second-order valence-corrected chi connectivity index (χ2v) is 2.34. The van der Waals surface area contributed by atoms with Gasteiger partial charge in [-0.25, -0.2) is 4.39 Å². The Labute approximate surface area is 62.9 Å². The molecular weight excluding hydrogens is 199 g/mol. The first-order valence-corrected chi connectivity index (χ1v) is 2.59. The van der Waals surface area contributed by atoms with Crippen LogP contribution in [0, 0.1) is 0 Å². The van der Waals surface area contributed by atoms with Crippen LogP contribution in [0.3, 0.4) is 0 Å². The third-order valence-corrected chi connectivity index (χ3v) is 1.35. The van der Waals surface area contributed by atoms with E-state index in [0.717, 1.165) is 0 Å². The minimum Gasteiger partial charge on any atom is -0.256 e. The summed E-state index contributed by atoms with van der Waals surface area (Å²) in [6.45, 7) is 0. The van der Waals surface area contributed by atoms with Gasteiger partial charge in [0.15, 0.2) is 0 Å². The fraction of sp³-hybridized carbons (Fsp3) is 0.667. The molecule has 0 spiro atoms. The molecule has 0 aromatic carbocycles. The molecule has 0 aliphatic heterocycles. The van der Waals surface area contributed by atoms with Crippen molar-refractivity contribution in [1.82, 2.24) is 0 Å². The van der Waals surface area contributed by atoms with Gasteiger partial charge in [-0.15, -0.1) is 0 Å². The smallest absolute Gasteiger partial charge is 0.256 e. The zero-order valence-corrected chi connectivity index (χ0v) is 5.69. The van der Waals surface area contributed by atoms with Crippen molar-refractivity contribution in [1.29, 1.82) is 0 Å². The molecule has 0 amide bonds. The van der Waals surface area contributed by atoms with Gasteiger partial charge >= 0.3 is 16.5 Å². The van der Waals surface area contributed by atoms with E-state index in [2.05, 4.69) is 23.2 Å². The summed E-state index contributed by atoms with van der Waals surface area (Å²) in [5, 5.41) is -9.20. The van der Waals surface area contributed by atoms with Crippen molar-refractivity contribution >= 4 is 29.2 Å². The average Bonchev–Trinajstić information content (AvgIpc) is 1.62. The molecule has 0 N–H and O–H groups in total. The van der Waals surface area contributed by atoms with E-state index in [9.17, 15) is 22.4 Å². The lowest BCUT2D eigenvalue weighted by atomic mass is 10.4. The van der Waals surface area contributed by atoms with Crippen LogP contribution in [0.5, 0.6) is 0 Å². The Balaban J connectivity index is 4.57. The second-order valence-electron chi connectivity index (χ2n) is 1.35. The van der Waals surface area contributed by atoms with Gasteiger partial charge in [0.05, 0.1) is 0 Å². The Kier molecular flexibility index (Phi) is 2.53. The maximum absolute atomic E-state index is 11.9. The molecule has 1 nitrogen and oxygen atoms in total. The molecule has 0 aromatic heterocycles. The molecule has 0 aromatic rings. The van der Waals surface area contributed by atoms with Crippen molar-refractivity contribution in [2.24, 2.45) is 0 Å². The molecule has 0 rings (SSSR count). The summed E-state index contributed by atoms with van der Waals surface area (Å²) in [7, 11) is 0. The van der Waals surface area contributed by atoms with Gasteiger partial charge in [-0.1, -0.05) is 11.6 Å². The molecule has 0 aliphatic rings. The topological polar surface area (TPSA) is 17.1 Å². The van der Waals surface area contributed by atoms with Gasteiger partial charge in [-0.05, 0) is 11.6 Å². The van der Waals surface area contributed by atoms with Gasteiger partial charge < -0.3 is 0 Å². The van der Waals surface area contributed by atoms with E-state index < -0.39 is 16.5 Å². The van der Waals surface area contributed by atoms with E-state index in [-0.39, 0.29) is 0 Å². The highest BCUT2D eigenvalue weighted by atomic mass is 35.5. The first-order chi connectivity index (χ1) is 4.19. The van der Waals surface area contributed by atoms with E-state index in [1.165, 1.54) is 0 Å². The molecule has 0 bridgehead atoms. The third kappa shape index (κ3) is 1.73. The molecular formula is C3Cl2F4O. The monoisotopic (exact) mass is 198 g/mol. The van der Waals surface area contributed by atoms with Crippen molar-refractivity contribution in [2.75, 3.05) is 0 Å². The van der Waals surface area contributed by atoms with Crippen LogP contribution in [0.4, 0.5) is 17.6 Å². The minimum atomic E-state index is -4.74. The molecule has 0 radical (unpaired) electrons. The van der Waals surface area contributed by atoms with Gasteiger partial charge in [0, 0.05) is 0 Å². The Bertz CT molecular complexity index is 151. The summed E-state index contributed by atoms with van der Waals surface area (Å²) in [6, 6.07) is -3.02. The molecule has 1 atom stereocenters. The van der Waals surface area contributed by atoms with E-state index in [1.807, 2.05) is 0 Å². The van der Waals surface area contributed by atoms with Crippen LogP contribution >= 0.6 is 23.2 Å². The van der Waals surface area contributed by atoms with Crippen LogP contribution in [0.2, 0.25) is 0 Å². The molecule has 0 unspecified atom stereocenters. The summed E-state index contributed by atoms with van der Waals surface area (Å²) in [6.07, 6.45) is 0. The van der Waals surface area contributed by atoms with Crippen molar-refractivity contribution < 1.29 is 22.4 Å². The number of hydrogen-bond donors (Lipinski definition) is 0. The first kappa shape index (κ1) is 9.97. The number of hydrogen-bond acceptors (Lipinski definition) is 1. The van der Waals surface area contributed by atoms with E-state index in [1.54, 1.807) is 0 Å². The van der Waals surface area contributed by atoms with Crippen molar-refractivity contribution in [3.05, 3.63) is 0 Å². The summed E-state index contributed by atoms with van der Waals surface area (Å²) in [5.41, 5.74) is 0. The molecule has 10 heavy (non-hydrogen) atoms. The highest BCUT2D eigenvalue weighted by Crippen LogP contribution is 2.40. The van der Waals surface area contributed by atoms with Gasteiger partial charge in [0.1, 0.15) is 0 Å². The normalized spacial score (nSPS) is 18.2. The zero-order chi connectivity index (χ0) is 8.58. The summed E-state index contributed by atoms with van der Waals surface area (Å²) in [4.78, 5) is 9.37. The molecule has 0 saturated carbocycles. The Morgan fingerprint density at radius 2 is 1.50 bits per heavy atom. The van der Waals surface area contributed by atoms with Crippen LogP contribution in [0.15, 0.2) is 0 Å². The highest BCUT2D eigenvalue weighted by Gasteiger charge is 2.59. The van der Waals surface area contributed by atoms with Crippen LogP contribution in [-0.4, -0.2) is 16.5 Å². The number of rotatable bonds is 2. The maximum atomic E-state index is 11.9. The van der Waals surface area contributed by atoms with Gasteiger partial charge in [0.2, 0.25) is 0 Å². The minimum absolute atomic E-state index is 3.02. The Morgan fingerprint density at radius 3 is 1.50 bits per heavy atom. The number of alkyl halides is 5. The lowest BCUT2D eigenvalue weighted by molar-refractivity contribution is -0.147. The van der Waals surface area contributed by atoms with Gasteiger partial charge in [0.25, 0.3) is 0 Å². The lowest BCUT2D eigenvalue weighted by Gasteiger charge is -2.16. The molecule has 0 saturated heterocycles. The third-order valence-electron chi connectivity index (χ3n) is 0.603. The fourth-order valence-corrected chi connectivity index (χ4v) is 0.186. The van der Waals surface area contributed by atoms with Crippen LogP contribution in [-0.2, 0) is 4.79 Å². The first-order valence-electron chi connectivity index (χ1n) is 1.84. The largest absolute Gasteiger partial charge is 0.379 e. The summed E-state index contributed by atoms with van der Waals surface area (Å²) < 4.78 is 46.2. The number of carbonyl (C=O) groups excluding carboxylic acids is 1. The van der Waals surface area contributed by atoms with E-state index in [4.69, 9.17) is 0 Å². The van der Waals surface area contributed by atoms with Crippen molar-refractivity contribution in [3.8, 4) is 0 Å². The quantitative estimate of drug-likeness (QED) is 0.378. The summed E-state index contributed by atoms with van der Waals surface area (Å²) in [5.74, 6) is 0. The predicted molar refractivity (Wildman–Crippen MR) is 26.6 cm³/mol. The van der Waals surface area contributed by atoms with Crippen molar-refractivity contribution in [2.45, 2.75) is 10.5 Å². The molecule has 7 heteroatoms. The standard InChI is InChI=1S/C3Cl2F4O/c4-2(7,1(6)10)3(5,8)9/t2-/m1/s1. The second kappa shape index (κ2) is 2.54. The molecule has 0 aliphatic carbocycles. The molecule has 60 valence electrons. The fourth-order valence-electron chi connectivity index (χ4n) is 0.111. The summed E-state index contributed by atoms with van der Waals surface area (Å²) >= 11 is 7.99. The maximum Gasteiger partial charge on any atom is 0.379 e. The lowest BCUT2D eigenvalue weighted by Crippen LogP contribution is -2.40. The van der Waals surface area contributed by atoms with E-state index in [0.29, 0.717) is 0 Å². The van der Waals surface area contributed by atoms with Crippen LogP contribution < -0.4 is 0 Å². The Hall–Kier alpha value is -0.0300. The molecule has 0 heterocycles. The predicted octanol–water partition coefficient (Wildman–Crippen LogP) is 2.22. The number of halogens is 6. The average molecular weight is 199 g/mol. The van der Waals surface area contributed by atoms with Crippen LogP contribution in [0.25, 0.3) is 0 Å². The van der Waals surface area contributed by atoms with Gasteiger partial charge in [-0.2, -0.15) is 13.2 Å². The zero-order valence-electron chi connectivity index (χ0n) is 4.18. The van der Waals surface area contributed by atoms with E-state index >= 15 is 0 Å². The SMILES string of the molecule is O=C(F)[C@](F)(Cl)C(F)(F)Cl. The van der Waals surface area contributed by atoms with Crippen molar-refractivity contribution in [3.63, 3.8) is 0 Å². The van der Waals surface area contributed by atoms with Gasteiger partial charge in [-0.3, -0.25) is 4.79 Å². The van der Waals surface area contributed by atoms with Crippen LogP contribution in [0.1, 0.15) is 0 Å². The Morgan fingerprint density at radius 1 is 1.20 bits per heavy atom. The highest BCUT2D eigenvalue weighted by molar-refractivity contribution is 6.39. The number of carbonyl (C=O) groups is 1.